The van der Waals surface area contributed by atoms with Crippen LogP contribution in [-0.4, -0.2) is 51.0 Å². The highest BCUT2D eigenvalue weighted by Crippen LogP contribution is 2.20. The SMILES string of the molecule is CCOc1ccc(NS(=O)(=O)c2ccc(C(=O)N(C)CC(=O)OC(C)(C)C)cc2)cc1. The second-order valence-electron chi connectivity index (χ2n) is 7.83. The van der Waals surface area contributed by atoms with Gasteiger partial charge in [0.1, 0.15) is 17.9 Å². The van der Waals surface area contributed by atoms with Crippen molar-refractivity contribution in [1.82, 2.24) is 4.90 Å². The Hall–Kier alpha value is -3.07. The van der Waals surface area contributed by atoms with Crippen molar-refractivity contribution in [2.45, 2.75) is 38.2 Å². The summed E-state index contributed by atoms with van der Waals surface area (Å²) in [6, 6.07) is 12.0. The van der Waals surface area contributed by atoms with E-state index in [0.717, 1.165) is 0 Å². The lowest BCUT2D eigenvalue weighted by molar-refractivity contribution is -0.155. The molecular formula is C22H28N2O6S. The summed E-state index contributed by atoms with van der Waals surface area (Å²) in [6.45, 7) is 7.40. The van der Waals surface area contributed by atoms with Crippen LogP contribution in [0.15, 0.2) is 53.4 Å². The largest absolute Gasteiger partial charge is 0.494 e. The van der Waals surface area contributed by atoms with E-state index in [1.54, 1.807) is 45.0 Å². The number of benzene rings is 2. The predicted octanol–water partition coefficient (Wildman–Crippen LogP) is 3.30. The molecule has 1 amide bonds. The van der Waals surface area contributed by atoms with Gasteiger partial charge in [-0.05, 0) is 76.2 Å². The van der Waals surface area contributed by atoms with Gasteiger partial charge in [0.05, 0.1) is 11.5 Å². The molecule has 0 aliphatic heterocycles. The van der Waals surface area contributed by atoms with Crippen LogP contribution in [0.25, 0.3) is 0 Å². The van der Waals surface area contributed by atoms with E-state index in [0.29, 0.717) is 18.0 Å². The number of likely N-dealkylation sites (N-methyl/N-ethyl adjacent to an activating group) is 1. The van der Waals surface area contributed by atoms with Crippen molar-refractivity contribution < 1.29 is 27.5 Å². The summed E-state index contributed by atoms with van der Waals surface area (Å²) in [6.07, 6.45) is 0. The Balaban J connectivity index is 2.05. The molecule has 0 radical (unpaired) electrons. The minimum absolute atomic E-state index is 0.00716. The molecule has 0 spiro atoms. The third kappa shape index (κ3) is 7.29. The smallest absolute Gasteiger partial charge is 0.326 e. The maximum absolute atomic E-state index is 12.6. The number of anilines is 1. The average Bonchev–Trinajstić information content (AvgIpc) is 2.67. The van der Waals surface area contributed by atoms with Crippen LogP contribution < -0.4 is 9.46 Å². The lowest BCUT2D eigenvalue weighted by Gasteiger charge is -2.22. The fourth-order valence-corrected chi connectivity index (χ4v) is 3.69. The quantitative estimate of drug-likeness (QED) is 0.622. The number of esters is 1. The lowest BCUT2D eigenvalue weighted by atomic mass is 10.2. The molecule has 0 atom stereocenters. The van der Waals surface area contributed by atoms with Crippen LogP contribution >= 0.6 is 0 Å². The first kappa shape index (κ1) is 24.2. The molecule has 31 heavy (non-hydrogen) atoms. The third-order valence-corrected chi connectivity index (χ3v) is 5.36. The topological polar surface area (TPSA) is 102 Å². The van der Waals surface area contributed by atoms with Gasteiger partial charge in [-0.25, -0.2) is 8.42 Å². The molecule has 2 aromatic rings. The van der Waals surface area contributed by atoms with Gasteiger partial charge < -0.3 is 14.4 Å². The number of amides is 1. The summed E-state index contributed by atoms with van der Waals surface area (Å²) in [5, 5.41) is 0. The van der Waals surface area contributed by atoms with Crippen molar-refractivity contribution in [2.75, 3.05) is 24.9 Å². The lowest BCUT2D eigenvalue weighted by Crippen LogP contribution is -2.36. The van der Waals surface area contributed by atoms with E-state index < -0.39 is 27.5 Å². The number of ether oxygens (including phenoxy) is 2. The number of hydrogen-bond acceptors (Lipinski definition) is 6. The zero-order valence-electron chi connectivity index (χ0n) is 18.3. The van der Waals surface area contributed by atoms with Crippen LogP contribution in [0.1, 0.15) is 38.1 Å². The van der Waals surface area contributed by atoms with E-state index in [1.807, 2.05) is 6.92 Å². The van der Waals surface area contributed by atoms with Crippen molar-refractivity contribution in [3.8, 4) is 5.75 Å². The second-order valence-corrected chi connectivity index (χ2v) is 9.52. The van der Waals surface area contributed by atoms with Crippen LogP contribution in [0.5, 0.6) is 5.75 Å². The molecule has 0 fully saturated rings. The Morgan fingerprint density at radius 3 is 2.10 bits per heavy atom. The van der Waals surface area contributed by atoms with Gasteiger partial charge in [0.25, 0.3) is 15.9 Å². The molecule has 0 unspecified atom stereocenters. The number of rotatable bonds is 8. The molecule has 0 saturated carbocycles. The van der Waals surface area contributed by atoms with Crippen molar-refractivity contribution in [3.63, 3.8) is 0 Å². The molecule has 0 saturated heterocycles. The van der Waals surface area contributed by atoms with E-state index in [1.165, 1.54) is 36.2 Å². The summed E-state index contributed by atoms with van der Waals surface area (Å²) in [4.78, 5) is 25.7. The first-order chi connectivity index (χ1) is 14.4. The van der Waals surface area contributed by atoms with Crippen LogP contribution in [0.4, 0.5) is 5.69 Å². The van der Waals surface area contributed by atoms with E-state index in [4.69, 9.17) is 9.47 Å². The molecular weight excluding hydrogens is 420 g/mol. The standard InChI is InChI=1S/C22H28N2O6S/c1-6-29-18-11-9-17(10-12-18)23-31(27,28)19-13-7-16(8-14-19)21(26)24(5)15-20(25)30-22(2,3)4/h7-14,23H,6,15H2,1-5H3. The normalized spacial score (nSPS) is 11.5. The molecule has 0 aromatic heterocycles. The zero-order chi connectivity index (χ0) is 23.2. The first-order valence-electron chi connectivity index (χ1n) is 9.74. The highest BCUT2D eigenvalue weighted by molar-refractivity contribution is 7.92. The molecule has 0 heterocycles. The summed E-state index contributed by atoms with van der Waals surface area (Å²) in [5.74, 6) is -0.305. The average molecular weight is 449 g/mol. The van der Waals surface area contributed by atoms with Crippen LogP contribution in [0, 0.1) is 0 Å². The Kier molecular flexibility index (Phi) is 7.67. The predicted molar refractivity (Wildman–Crippen MR) is 118 cm³/mol. The maximum Gasteiger partial charge on any atom is 0.326 e. The van der Waals surface area contributed by atoms with E-state index >= 15 is 0 Å². The van der Waals surface area contributed by atoms with Crippen molar-refractivity contribution in [3.05, 3.63) is 54.1 Å². The molecule has 0 aliphatic carbocycles. The number of carbonyl (C=O) groups excluding carboxylic acids is 2. The summed E-state index contributed by atoms with van der Waals surface area (Å²) in [5.41, 5.74) is -0.000348. The molecule has 9 heteroatoms. The fourth-order valence-electron chi connectivity index (χ4n) is 2.64. The van der Waals surface area contributed by atoms with Crippen LogP contribution in [0.2, 0.25) is 0 Å². The summed E-state index contributed by atoms with van der Waals surface area (Å²) in [7, 11) is -2.35. The fraction of sp³-hybridized carbons (Fsp3) is 0.364. The maximum atomic E-state index is 12.6. The first-order valence-corrected chi connectivity index (χ1v) is 11.2. The van der Waals surface area contributed by atoms with Crippen molar-refractivity contribution in [2.24, 2.45) is 0 Å². The Bertz CT molecular complexity index is 1010. The summed E-state index contributed by atoms with van der Waals surface area (Å²) >= 11 is 0. The van der Waals surface area contributed by atoms with E-state index in [2.05, 4.69) is 4.72 Å². The van der Waals surface area contributed by atoms with Gasteiger partial charge in [-0.3, -0.25) is 14.3 Å². The van der Waals surface area contributed by atoms with Gasteiger partial charge in [0.2, 0.25) is 0 Å². The van der Waals surface area contributed by atoms with Gasteiger partial charge >= 0.3 is 5.97 Å². The molecule has 0 bridgehead atoms. The molecule has 0 aliphatic rings. The highest BCUT2D eigenvalue weighted by atomic mass is 32.2. The third-order valence-electron chi connectivity index (χ3n) is 3.96. The van der Waals surface area contributed by atoms with Gasteiger partial charge in [-0.15, -0.1) is 0 Å². The van der Waals surface area contributed by atoms with Crippen LogP contribution in [0.3, 0.4) is 0 Å². The highest BCUT2D eigenvalue weighted by Gasteiger charge is 2.21. The van der Waals surface area contributed by atoms with Gasteiger partial charge in [-0.2, -0.15) is 0 Å². The number of hydrogen-bond donors (Lipinski definition) is 1. The molecule has 168 valence electrons. The Labute approximate surface area is 183 Å². The van der Waals surface area contributed by atoms with Crippen LogP contribution in [-0.2, 0) is 19.6 Å². The van der Waals surface area contributed by atoms with Crippen molar-refractivity contribution >= 4 is 27.6 Å². The minimum atomic E-state index is -3.83. The monoisotopic (exact) mass is 448 g/mol. The number of sulfonamides is 1. The molecule has 8 nitrogen and oxygen atoms in total. The second kappa shape index (κ2) is 9.82. The molecule has 2 aromatic carbocycles. The van der Waals surface area contributed by atoms with Gasteiger partial charge in [-0.1, -0.05) is 0 Å². The Morgan fingerprint density at radius 2 is 1.58 bits per heavy atom. The minimum Gasteiger partial charge on any atom is -0.494 e. The molecule has 1 N–H and O–H groups in total. The number of carbonyl (C=O) groups is 2. The van der Waals surface area contributed by atoms with E-state index in [9.17, 15) is 18.0 Å². The van der Waals surface area contributed by atoms with Gasteiger partial charge in [0.15, 0.2) is 0 Å². The molecule has 2 rings (SSSR count). The number of nitrogens with one attached hydrogen (secondary N) is 1. The number of nitrogens with zero attached hydrogens (tertiary/aromatic N) is 1. The van der Waals surface area contributed by atoms with E-state index in [-0.39, 0.29) is 17.0 Å². The zero-order valence-corrected chi connectivity index (χ0v) is 19.2. The summed E-state index contributed by atoms with van der Waals surface area (Å²) < 4.78 is 38.2. The Morgan fingerprint density at radius 1 is 1.00 bits per heavy atom. The van der Waals surface area contributed by atoms with Crippen molar-refractivity contribution in [1.29, 1.82) is 0 Å². The van der Waals surface area contributed by atoms with Gasteiger partial charge in [0, 0.05) is 18.3 Å².